The topological polar surface area (TPSA) is 37.8 Å². The molecule has 3 nitrogen and oxygen atoms in total. The first-order valence-electron chi connectivity index (χ1n) is 6.29. The molecule has 0 bridgehead atoms. The van der Waals surface area contributed by atoms with Crippen LogP contribution in [0.1, 0.15) is 31.9 Å². The summed E-state index contributed by atoms with van der Waals surface area (Å²) >= 11 is 0. The van der Waals surface area contributed by atoms with E-state index in [0.29, 0.717) is 6.04 Å². The first kappa shape index (κ1) is 12.7. The lowest BCUT2D eigenvalue weighted by Gasteiger charge is -2.18. The number of nitrogens with zero attached hydrogens (tertiary/aromatic N) is 2. The van der Waals surface area contributed by atoms with Crippen molar-refractivity contribution in [3.63, 3.8) is 0 Å². The van der Waals surface area contributed by atoms with E-state index in [-0.39, 0.29) is 0 Å². The summed E-state index contributed by atoms with van der Waals surface area (Å²) < 4.78 is 0. The van der Waals surface area contributed by atoms with Crippen LogP contribution in [0.5, 0.6) is 0 Å². The molecule has 1 atom stereocenters. The summed E-state index contributed by atoms with van der Waals surface area (Å²) in [5.41, 5.74) is 4.31. The predicted molar refractivity (Wildman–Crippen MR) is 75.4 cm³/mol. The maximum absolute atomic E-state index is 4.35. The van der Waals surface area contributed by atoms with E-state index in [9.17, 15) is 0 Å². The highest BCUT2D eigenvalue weighted by Gasteiger charge is 2.11. The lowest BCUT2D eigenvalue weighted by atomic mass is 9.99. The number of fused-ring (bicyclic) bond motifs is 1. The van der Waals surface area contributed by atoms with Crippen LogP contribution >= 0.6 is 0 Å². The van der Waals surface area contributed by atoms with Crippen molar-refractivity contribution >= 4 is 11.0 Å². The molecule has 0 radical (unpaired) electrons. The molecule has 1 aromatic heterocycles. The van der Waals surface area contributed by atoms with Gasteiger partial charge in [-0.05, 0) is 37.6 Å². The van der Waals surface area contributed by atoms with Gasteiger partial charge >= 0.3 is 0 Å². The number of aromatic nitrogens is 2. The molecule has 0 saturated carbocycles. The lowest BCUT2D eigenvalue weighted by Crippen LogP contribution is -2.21. The van der Waals surface area contributed by atoms with Crippen LogP contribution in [0.25, 0.3) is 11.0 Å². The van der Waals surface area contributed by atoms with Crippen LogP contribution in [0.3, 0.4) is 0 Å². The Labute approximate surface area is 108 Å². The van der Waals surface area contributed by atoms with Gasteiger partial charge in [0.2, 0.25) is 0 Å². The van der Waals surface area contributed by atoms with Gasteiger partial charge in [0.1, 0.15) is 0 Å². The third-order valence-electron chi connectivity index (χ3n) is 2.90. The summed E-state index contributed by atoms with van der Waals surface area (Å²) in [7, 11) is 0. The average Bonchev–Trinajstić information content (AvgIpc) is 2.37. The number of hydrogen-bond donors (Lipinski definition) is 1. The van der Waals surface area contributed by atoms with Crippen molar-refractivity contribution in [2.75, 3.05) is 6.54 Å². The number of hydrogen-bond acceptors (Lipinski definition) is 3. The van der Waals surface area contributed by atoms with Crippen molar-refractivity contribution in [2.24, 2.45) is 0 Å². The van der Waals surface area contributed by atoms with Crippen molar-refractivity contribution in [3.8, 4) is 0 Å². The highest BCUT2D eigenvalue weighted by molar-refractivity contribution is 5.74. The fourth-order valence-electron chi connectivity index (χ4n) is 2.10. The van der Waals surface area contributed by atoms with Crippen LogP contribution < -0.4 is 5.32 Å². The summed E-state index contributed by atoms with van der Waals surface area (Å²) in [4.78, 5) is 8.64. The van der Waals surface area contributed by atoms with Crippen molar-refractivity contribution in [2.45, 2.75) is 26.3 Å². The lowest BCUT2D eigenvalue weighted by molar-refractivity contribution is 0.548. The zero-order chi connectivity index (χ0) is 13.0. The van der Waals surface area contributed by atoms with E-state index >= 15 is 0 Å². The zero-order valence-electron chi connectivity index (χ0n) is 11.0. The first-order chi connectivity index (χ1) is 8.70. The molecular formula is C15H19N3. The third kappa shape index (κ3) is 2.93. The summed E-state index contributed by atoms with van der Waals surface area (Å²) in [6.07, 6.45) is 4.39. The SMILES string of the molecule is C=C(C)CC(NCC)c1ccc2nccnc2c1. The Balaban J connectivity index is 2.34. The van der Waals surface area contributed by atoms with Gasteiger partial charge in [-0.25, -0.2) is 0 Å². The third-order valence-corrected chi connectivity index (χ3v) is 2.90. The second kappa shape index (κ2) is 5.74. The van der Waals surface area contributed by atoms with Gasteiger partial charge in [0.05, 0.1) is 11.0 Å². The number of benzene rings is 1. The fraction of sp³-hybridized carbons (Fsp3) is 0.333. The minimum atomic E-state index is 0.305. The molecule has 1 unspecified atom stereocenters. The number of rotatable bonds is 5. The highest BCUT2D eigenvalue weighted by Crippen LogP contribution is 2.22. The van der Waals surface area contributed by atoms with Crippen LogP contribution in [0.4, 0.5) is 0 Å². The Morgan fingerprint density at radius 3 is 2.67 bits per heavy atom. The maximum atomic E-state index is 4.35. The van der Waals surface area contributed by atoms with Gasteiger partial charge in [-0.15, -0.1) is 6.58 Å². The molecule has 0 amide bonds. The van der Waals surface area contributed by atoms with E-state index in [1.807, 2.05) is 6.07 Å². The van der Waals surface area contributed by atoms with E-state index in [4.69, 9.17) is 0 Å². The largest absolute Gasteiger partial charge is 0.310 e. The molecule has 0 aliphatic heterocycles. The quantitative estimate of drug-likeness (QED) is 0.817. The summed E-state index contributed by atoms with van der Waals surface area (Å²) in [5.74, 6) is 0. The monoisotopic (exact) mass is 241 g/mol. The van der Waals surface area contributed by atoms with Gasteiger partial charge in [-0.2, -0.15) is 0 Å². The molecule has 18 heavy (non-hydrogen) atoms. The van der Waals surface area contributed by atoms with Crippen molar-refractivity contribution < 1.29 is 0 Å². The Kier molecular flexibility index (Phi) is 4.05. The standard InChI is InChI=1S/C15H19N3/c1-4-16-14(9-11(2)3)12-5-6-13-15(10-12)18-8-7-17-13/h5-8,10,14,16H,2,4,9H2,1,3H3. The molecule has 0 aliphatic carbocycles. The molecule has 0 aliphatic rings. The molecule has 2 rings (SSSR count). The normalized spacial score (nSPS) is 12.6. The smallest absolute Gasteiger partial charge is 0.0890 e. The first-order valence-corrected chi connectivity index (χ1v) is 6.29. The Morgan fingerprint density at radius 1 is 1.28 bits per heavy atom. The van der Waals surface area contributed by atoms with Crippen LogP contribution in [-0.2, 0) is 0 Å². The highest BCUT2D eigenvalue weighted by atomic mass is 14.9. The van der Waals surface area contributed by atoms with Gasteiger partial charge < -0.3 is 5.32 Å². The minimum absolute atomic E-state index is 0.305. The van der Waals surface area contributed by atoms with E-state index < -0.39 is 0 Å². The summed E-state index contributed by atoms with van der Waals surface area (Å²) in [6, 6.07) is 6.56. The molecule has 1 N–H and O–H groups in total. The van der Waals surface area contributed by atoms with E-state index in [1.165, 1.54) is 11.1 Å². The average molecular weight is 241 g/mol. The van der Waals surface area contributed by atoms with Crippen molar-refractivity contribution in [1.29, 1.82) is 0 Å². The molecule has 2 aromatic rings. The van der Waals surface area contributed by atoms with Crippen molar-refractivity contribution in [1.82, 2.24) is 15.3 Å². The van der Waals surface area contributed by atoms with Gasteiger partial charge in [-0.3, -0.25) is 9.97 Å². The van der Waals surface area contributed by atoms with Gasteiger partial charge in [0.25, 0.3) is 0 Å². The molecule has 0 saturated heterocycles. The van der Waals surface area contributed by atoms with Gasteiger partial charge in [-0.1, -0.05) is 18.6 Å². The number of nitrogens with one attached hydrogen (secondary N) is 1. The molecule has 0 fully saturated rings. The second-order valence-corrected chi connectivity index (χ2v) is 4.58. The van der Waals surface area contributed by atoms with Crippen LogP contribution in [0.15, 0.2) is 42.7 Å². The molecule has 1 aromatic carbocycles. The van der Waals surface area contributed by atoms with Crippen LogP contribution in [0, 0.1) is 0 Å². The molecular weight excluding hydrogens is 222 g/mol. The second-order valence-electron chi connectivity index (χ2n) is 4.58. The Morgan fingerprint density at radius 2 is 2.00 bits per heavy atom. The molecule has 1 heterocycles. The van der Waals surface area contributed by atoms with E-state index in [1.54, 1.807) is 12.4 Å². The Hall–Kier alpha value is -1.74. The van der Waals surface area contributed by atoms with Crippen LogP contribution in [-0.4, -0.2) is 16.5 Å². The van der Waals surface area contributed by atoms with E-state index in [2.05, 4.69) is 47.8 Å². The molecule has 3 heteroatoms. The zero-order valence-corrected chi connectivity index (χ0v) is 11.0. The summed E-state index contributed by atoms with van der Waals surface area (Å²) in [6.45, 7) is 9.12. The molecule has 94 valence electrons. The fourth-order valence-corrected chi connectivity index (χ4v) is 2.10. The van der Waals surface area contributed by atoms with E-state index in [0.717, 1.165) is 24.0 Å². The summed E-state index contributed by atoms with van der Waals surface area (Å²) in [5, 5.41) is 3.49. The minimum Gasteiger partial charge on any atom is -0.310 e. The van der Waals surface area contributed by atoms with Crippen molar-refractivity contribution in [3.05, 3.63) is 48.3 Å². The van der Waals surface area contributed by atoms with Crippen LogP contribution in [0.2, 0.25) is 0 Å². The van der Waals surface area contributed by atoms with Gasteiger partial charge in [0.15, 0.2) is 0 Å². The molecule has 0 spiro atoms. The van der Waals surface area contributed by atoms with Gasteiger partial charge in [0, 0.05) is 18.4 Å². The maximum Gasteiger partial charge on any atom is 0.0890 e. The predicted octanol–water partition coefficient (Wildman–Crippen LogP) is 3.25. The Bertz CT molecular complexity index is 548.